The number of nitrogens with one attached hydrogen (secondary N) is 1. The summed E-state index contributed by atoms with van der Waals surface area (Å²) in [5.41, 5.74) is 4.67. The minimum absolute atomic E-state index is 0.0474. The molecule has 29 heavy (non-hydrogen) atoms. The molecule has 0 aliphatic carbocycles. The van der Waals surface area contributed by atoms with Crippen LogP contribution in [0.15, 0.2) is 49.1 Å². The van der Waals surface area contributed by atoms with E-state index >= 15 is 0 Å². The highest BCUT2D eigenvalue weighted by Gasteiger charge is 2.44. The Bertz CT molecular complexity index is 988. The zero-order valence-corrected chi connectivity index (χ0v) is 16.7. The molecule has 0 bridgehead atoms. The monoisotopic (exact) mass is 390 g/mol. The number of aromatic nitrogens is 4. The molecule has 7 heteroatoms. The number of rotatable bonds is 5. The van der Waals surface area contributed by atoms with Crippen molar-refractivity contribution >= 4 is 5.95 Å². The molecule has 1 N–H and O–H groups in total. The van der Waals surface area contributed by atoms with Gasteiger partial charge in [0.25, 0.3) is 0 Å². The first kappa shape index (κ1) is 18.3. The van der Waals surface area contributed by atoms with Gasteiger partial charge in [-0.3, -0.25) is 4.90 Å². The normalized spacial score (nSPS) is 21.4. The second kappa shape index (κ2) is 7.57. The average Bonchev–Trinajstić information content (AvgIpc) is 3.34. The van der Waals surface area contributed by atoms with E-state index in [2.05, 4.69) is 50.5 Å². The van der Waals surface area contributed by atoms with Crippen LogP contribution in [0, 0.1) is 0 Å². The molecule has 0 radical (unpaired) electrons. The molecular weight excluding hydrogens is 364 g/mol. The van der Waals surface area contributed by atoms with Gasteiger partial charge >= 0.3 is 0 Å². The van der Waals surface area contributed by atoms with Gasteiger partial charge in [0, 0.05) is 38.1 Å². The van der Waals surface area contributed by atoms with E-state index < -0.39 is 0 Å². The zero-order valence-electron chi connectivity index (χ0n) is 16.7. The molecule has 2 aliphatic rings. The minimum Gasteiger partial charge on any atom is -0.376 e. The number of likely N-dealkylation sites (tertiary alicyclic amines) is 1. The molecule has 2 aromatic heterocycles. The Labute approximate surface area is 170 Å². The third kappa shape index (κ3) is 3.63. The van der Waals surface area contributed by atoms with Crippen LogP contribution in [0.1, 0.15) is 28.9 Å². The van der Waals surface area contributed by atoms with Crippen molar-refractivity contribution in [3.8, 4) is 0 Å². The van der Waals surface area contributed by atoms with E-state index in [4.69, 9.17) is 9.72 Å². The van der Waals surface area contributed by atoms with Crippen LogP contribution >= 0.6 is 0 Å². The van der Waals surface area contributed by atoms with Crippen molar-refractivity contribution in [2.75, 3.05) is 25.0 Å². The van der Waals surface area contributed by atoms with Gasteiger partial charge in [0.1, 0.15) is 0 Å². The number of hydrogen-bond donors (Lipinski definition) is 1. The Morgan fingerprint density at radius 3 is 2.93 bits per heavy atom. The second-order valence-electron chi connectivity index (χ2n) is 8.14. The lowest BCUT2D eigenvalue weighted by molar-refractivity contribution is 0.0503. The van der Waals surface area contributed by atoms with Crippen LogP contribution in [0.25, 0.3) is 0 Å². The number of ether oxygens (including phenoxy) is 1. The summed E-state index contributed by atoms with van der Waals surface area (Å²) in [4.78, 5) is 16.2. The van der Waals surface area contributed by atoms with Gasteiger partial charge in [-0.05, 0) is 18.5 Å². The molecule has 2 aliphatic heterocycles. The summed E-state index contributed by atoms with van der Waals surface area (Å²) >= 11 is 0. The number of fused-ring (bicyclic) bond motifs is 2. The van der Waals surface area contributed by atoms with Crippen LogP contribution < -0.4 is 5.32 Å². The maximum atomic E-state index is 5.97. The summed E-state index contributed by atoms with van der Waals surface area (Å²) in [6, 6.07) is 10.7. The fraction of sp³-hybridized carbons (Fsp3) is 0.409. The predicted molar refractivity (Wildman–Crippen MR) is 110 cm³/mol. The van der Waals surface area contributed by atoms with Crippen LogP contribution in [0.5, 0.6) is 0 Å². The molecule has 150 valence electrons. The van der Waals surface area contributed by atoms with E-state index in [9.17, 15) is 0 Å². The molecule has 0 amide bonds. The first-order valence-corrected chi connectivity index (χ1v) is 10.1. The van der Waals surface area contributed by atoms with Crippen LogP contribution in [-0.2, 0) is 36.9 Å². The molecule has 5 rings (SSSR count). The molecule has 1 atom stereocenters. The van der Waals surface area contributed by atoms with Crippen molar-refractivity contribution in [3.05, 3.63) is 71.6 Å². The molecule has 4 heterocycles. The highest BCUT2D eigenvalue weighted by Crippen LogP contribution is 2.39. The Hall–Kier alpha value is -2.77. The third-order valence-corrected chi connectivity index (χ3v) is 6.03. The average molecular weight is 390 g/mol. The molecule has 0 unspecified atom stereocenters. The summed E-state index contributed by atoms with van der Waals surface area (Å²) in [5, 5.41) is 3.36. The Morgan fingerprint density at radius 2 is 2.10 bits per heavy atom. The molecule has 7 nitrogen and oxygen atoms in total. The number of aryl methyl sites for hydroxylation is 1. The highest BCUT2D eigenvalue weighted by atomic mass is 16.5. The van der Waals surface area contributed by atoms with Gasteiger partial charge in [-0.15, -0.1) is 0 Å². The van der Waals surface area contributed by atoms with Crippen LogP contribution in [-0.4, -0.2) is 44.1 Å². The summed E-state index contributed by atoms with van der Waals surface area (Å²) in [6.45, 7) is 4.96. The van der Waals surface area contributed by atoms with Crippen molar-refractivity contribution in [1.82, 2.24) is 24.4 Å². The van der Waals surface area contributed by atoms with Gasteiger partial charge < -0.3 is 14.6 Å². The summed E-state index contributed by atoms with van der Waals surface area (Å²) in [6.07, 6.45) is 6.65. The van der Waals surface area contributed by atoms with E-state index in [-0.39, 0.29) is 5.41 Å². The Balaban J connectivity index is 1.35. The lowest BCUT2D eigenvalue weighted by Gasteiger charge is -2.34. The fourth-order valence-electron chi connectivity index (χ4n) is 4.45. The van der Waals surface area contributed by atoms with Gasteiger partial charge in [-0.1, -0.05) is 30.3 Å². The van der Waals surface area contributed by atoms with E-state index in [1.807, 2.05) is 24.0 Å². The largest absolute Gasteiger partial charge is 0.376 e. The van der Waals surface area contributed by atoms with Crippen LogP contribution in [0.2, 0.25) is 0 Å². The summed E-state index contributed by atoms with van der Waals surface area (Å²) in [7, 11) is 1.99. The Kier molecular flexibility index (Phi) is 4.77. The number of hydrogen-bond acceptors (Lipinski definition) is 6. The first-order valence-electron chi connectivity index (χ1n) is 10.1. The number of imidazole rings is 1. The second-order valence-corrected chi connectivity index (χ2v) is 8.14. The zero-order chi connectivity index (χ0) is 19.7. The molecule has 1 saturated heterocycles. The lowest BCUT2D eigenvalue weighted by atomic mass is 9.80. The molecule has 1 fully saturated rings. The lowest BCUT2D eigenvalue weighted by Crippen LogP contribution is -2.40. The fourth-order valence-corrected chi connectivity index (χ4v) is 4.45. The highest BCUT2D eigenvalue weighted by molar-refractivity contribution is 5.37. The molecule has 1 aromatic carbocycles. The van der Waals surface area contributed by atoms with E-state index in [1.165, 1.54) is 5.56 Å². The molecule has 0 saturated carbocycles. The minimum atomic E-state index is -0.0474. The smallest absolute Gasteiger partial charge is 0.223 e. The van der Waals surface area contributed by atoms with Gasteiger partial charge in [0.15, 0.2) is 0 Å². The van der Waals surface area contributed by atoms with Crippen molar-refractivity contribution in [3.63, 3.8) is 0 Å². The molecule has 1 spiro atoms. The van der Waals surface area contributed by atoms with Gasteiger partial charge in [-0.2, -0.15) is 0 Å². The maximum absolute atomic E-state index is 5.97. The number of anilines is 1. The van der Waals surface area contributed by atoms with Crippen molar-refractivity contribution in [2.24, 2.45) is 7.05 Å². The molecule has 3 aromatic rings. The van der Waals surface area contributed by atoms with E-state index in [1.54, 1.807) is 6.33 Å². The number of nitrogens with zero attached hydrogens (tertiary/aromatic N) is 5. The van der Waals surface area contributed by atoms with Crippen molar-refractivity contribution in [2.45, 2.75) is 31.5 Å². The molecular formula is C22H26N6O. The van der Waals surface area contributed by atoms with Gasteiger partial charge in [0.2, 0.25) is 5.95 Å². The first-order chi connectivity index (χ1) is 14.2. The van der Waals surface area contributed by atoms with Crippen LogP contribution in [0.4, 0.5) is 5.95 Å². The Morgan fingerprint density at radius 1 is 1.21 bits per heavy atom. The van der Waals surface area contributed by atoms with Crippen molar-refractivity contribution < 1.29 is 4.74 Å². The van der Waals surface area contributed by atoms with E-state index in [0.717, 1.165) is 49.6 Å². The quantitative estimate of drug-likeness (QED) is 0.722. The van der Waals surface area contributed by atoms with Crippen molar-refractivity contribution in [1.29, 1.82) is 0 Å². The third-order valence-electron chi connectivity index (χ3n) is 6.03. The van der Waals surface area contributed by atoms with E-state index in [0.29, 0.717) is 19.1 Å². The van der Waals surface area contributed by atoms with Gasteiger partial charge in [0.05, 0.1) is 42.9 Å². The summed E-state index contributed by atoms with van der Waals surface area (Å²) < 4.78 is 7.97. The maximum Gasteiger partial charge on any atom is 0.223 e. The summed E-state index contributed by atoms with van der Waals surface area (Å²) in [5.74, 6) is 0.674. The van der Waals surface area contributed by atoms with Crippen LogP contribution in [0.3, 0.4) is 0 Å². The van der Waals surface area contributed by atoms with Gasteiger partial charge in [-0.25, -0.2) is 15.0 Å². The predicted octanol–water partition coefficient (Wildman–Crippen LogP) is 2.50. The topological polar surface area (TPSA) is 68.1 Å². The standard InChI is InChI=1S/C22H26N6O/c1-27-16-23-10-19(27)11-25-21-24-9-18-13-29-15-22(20(18)26-21)7-8-28(14-22)12-17-5-3-2-4-6-17/h2-6,9-10,16H,7-8,11-15H2,1H3,(H,24,25,26)/t22-/m0/s1. The number of benzene rings is 1. The SMILES string of the molecule is Cn1cncc1CNc1ncc2c(n1)[C@]1(CCN(Cc3ccccc3)C1)COC2.